The first-order valence-electron chi connectivity index (χ1n) is 7.96. The first kappa shape index (κ1) is 21.3. The predicted octanol–water partition coefficient (Wildman–Crippen LogP) is 2.80. The Bertz CT molecular complexity index is 608. The maximum atomic E-state index is 13.1. The van der Waals surface area contributed by atoms with Gasteiger partial charge in [-0.2, -0.15) is 0 Å². The summed E-state index contributed by atoms with van der Waals surface area (Å²) in [5, 5.41) is 5.16. The van der Waals surface area contributed by atoms with Crippen molar-refractivity contribution < 1.29 is 18.4 Å². The van der Waals surface area contributed by atoms with E-state index in [-0.39, 0.29) is 24.4 Å². The van der Waals surface area contributed by atoms with Crippen LogP contribution in [0.15, 0.2) is 24.3 Å². The molecular weight excluding hydrogens is 352 g/mol. The molecule has 2 rings (SSSR count). The normalized spacial score (nSPS) is 18.6. The average molecular weight is 376 g/mol. The summed E-state index contributed by atoms with van der Waals surface area (Å²) in [6.07, 6.45) is -0.487. The highest BCUT2D eigenvalue weighted by Crippen LogP contribution is 2.25. The molecule has 1 unspecified atom stereocenters. The number of nitrogens with zero attached hydrogens (tertiary/aromatic N) is 1. The Hall–Kier alpha value is -1.73. The zero-order valence-corrected chi connectivity index (χ0v) is 15.3. The molecule has 140 valence electrons. The molecule has 0 aliphatic carbocycles. The van der Waals surface area contributed by atoms with Crippen LogP contribution in [0.25, 0.3) is 0 Å². The Balaban J connectivity index is 0.00000312. The van der Waals surface area contributed by atoms with Gasteiger partial charge < -0.3 is 10.2 Å². The number of hydrogen-bond acceptors (Lipinski definition) is 3. The van der Waals surface area contributed by atoms with E-state index in [1.807, 2.05) is 26.0 Å². The second kappa shape index (κ2) is 8.58. The molecule has 0 spiro atoms. The molecule has 0 bridgehead atoms. The van der Waals surface area contributed by atoms with Crippen LogP contribution in [0.3, 0.4) is 0 Å². The molecule has 0 radical (unpaired) electrons. The van der Waals surface area contributed by atoms with Crippen LogP contribution >= 0.6 is 12.4 Å². The maximum Gasteiger partial charge on any atom is 0.262 e. The van der Waals surface area contributed by atoms with Crippen molar-refractivity contribution in [3.8, 4) is 0 Å². The van der Waals surface area contributed by atoms with Gasteiger partial charge in [0.2, 0.25) is 11.8 Å². The summed E-state index contributed by atoms with van der Waals surface area (Å²) < 4.78 is 26.2. The van der Waals surface area contributed by atoms with Gasteiger partial charge >= 0.3 is 0 Å². The number of benzene rings is 1. The second-order valence-electron chi connectivity index (χ2n) is 6.42. The summed E-state index contributed by atoms with van der Waals surface area (Å²) in [7, 11) is 0. The lowest BCUT2D eigenvalue weighted by atomic mass is 10.1. The quantitative estimate of drug-likeness (QED) is 0.832. The Morgan fingerprint density at radius 2 is 1.92 bits per heavy atom. The first-order chi connectivity index (χ1) is 11.2. The minimum Gasteiger partial charge on any atom is -0.336 e. The van der Waals surface area contributed by atoms with E-state index in [2.05, 4.69) is 10.6 Å². The molecule has 2 amide bonds. The molecule has 2 N–H and O–H groups in total. The number of carbonyl (C=O) groups excluding carboxylic acids is 2. The number of rotatable bonds is 5. The van der Waals surface area contributed by atoms with Crippen molar-refractivity contribution >= 4 is 29.9 Å². The molecule has 0 saturated carbocycles. The molecule has 5 nitrogen and oxygen atoms in total. The summed E-state index contributed by atoms with van der Waals surface area (Å²) >= 11 is 0. The summed E-state index contributed by atoms with van der Waals surface area (Å²) in [6, 6.07) is 6.25. The predicted molar refractivity (Wildman–Crippen MR) is 95.0 cm³/mol. The van der Waals surface area contributed by atoms with Gasteiger partial charge in [-0.05, 0) is 31.5 Å². The Kier molecular flexibility index (Phi) is 7.31. The molecule has 1 aliphatic rings. The van der Waals surface area contributed by atoms with Gasteiger partial charge in [-0.3, -0.25) is 14.9 Å². The summed E-state index contributed by atoms with van der Waals surface area (Å²) in [5.74, 6) is -3.30. The highest BCUT2D eigenvalue weighted by molar-refractivity contribution is 5.95. The van der Waals surface area contributed by atoms with E-state index in [4.69, 9.17) is 0 Å². The van der Waals surface area contributed by atoms with E-state index >= 15 is 0 Å². The molecule has 1 aliphatic heterocycles. The van der Waals surface area contributed by atoms with Gasteiger partial charge in [0, 0.05) is 31.6 Å². The Labute approximate surface area is 152 Å². The van der Waals surface area contributed by atoms with Gasteiger partial charge in [-0.25, -0.2) is 8.78 Å². The largest absolute Gasteiger partial charge is 0.336 e. The third-order valence-corrected chi connectivity index (χ3v) is 4.03. The fourth-order valence-corrected chi connectivity index (χ4v) is 2.68. The van der Waals surface area contributed by atoms with Gasteiger partial charge in [-0.1, -0.05) is 12.1 Å². The summed E-state index contributed by atoms with van der Waals surface area (Å²) in [4.78, 5) is 25.3. The number of carbonyl (C=O) groups is 2. The van der Waals surface area contributed by atoms with Gasteiger partial charge in [0.1, 0.15) is 0 Å². The van der Waals surface area contributed by atoms with Crippen LogP contribution in [0.4, 0.5) is 14.5 Å². The molecule has 25 heavy (non-hydrogen) atoms. The molecule has 1 heterocycles. The lowest BCUT2D eigenvalue weighted by Crippen LogP contribution is -2.35. The zero-order valence-electron chi connectivity index (χ0n) is 14.5. The number of alkyl halides is 2. The van der Waals surface area contributed by atoms with Crippen LogP contribution in [-0.4, -0.2) is 41.3 Å². The van der Waals surface area contributed by atoms with Gasteiger partial charge in [0.25, 0.3) is 5.92 Å². The minimum atomic E-state index is -2.83. The van der Waals surface area contributed by atoms with Crippen molar-refractivity contribution in [1.29, 1.82) is 0 Å². The second-order valence-corrected chi connectivity index (χ2v) is 6.42. The van der Waals surface area contributed by atoms with Crippen molar-refractivity contribution in [3.63, 3.8) is 0 Å². The third kappa shape index (κ3) is 5.93. The molecule has 0 aromatic heterocycles. The van der Waals surface area contributed by atoms with Crippen LogP contribution in [0, 0.1) is 0 Å². The number of anilines is 1. The fraction of sp³-hybridized carbons (Fsp3) is 0.529. The van der Waals surface area contributed by atoms with Crippen LogP contribution in [0.5, 0.6) is 0 Å². The van der Waals surface area contributed by atoms with E-state index in [1.165, 1.54) is 6.92 Å². The van der Waals surface area contributed by atoms with Crippen LogP contribution < -0.4 is 10.6 Å². The van der Waals surface area contributed by atoms with Crippen molar-refractivity contribution in [2.45, 2.75) is 51.7 Å². The van der Waals surface area contributed by atoms with E-state index in [0.717, 1.165) is 5.56 Å². The van der Waals surface area contributed by atoms with Crippen LogP contribution in [0.1, 0.15) is 32.8 Å². The lowest BCUT2D eigenvalue weighted by Gasteiger charge is -2.25. The van der Waals surface area contributed by atoms with E-state index in [9.17, 15) is 18.4 Å². The highest BCUT2D eigenvalue weighted by atomic mass is 35.5. The Morgan fingerprint density at radius 3 is 2.36 bits per heavy atom. The number of amides is 2. The van der Waals surface area contributed by atoms with Crippen molar-refractivity contribution in [2.24, 2.45) is 0 Å². The van der Waals surface area contributed by atoms with Crippen molar-refractivity contribution in [3.05, 3.63) is 29.8 Å². The van der Waals surface area contributed by atoms with E-state index in [1.54, 1.807) is 17.0 Å². The SMILES string of the molecule is CC(=O)N(Cc1ccc(NC(=O)C2CC(F)(F)CN2)cc1)C(C)C.Cl. The average Bonchev–Trinajstić information content (AvgIpc) is 2.86. The topological polar surface area (TPSA) is 61.4 Å². The van der Waals surface area contributed by atoms with E-state index in [0.29, 0.717) is 12.2 Å². The lowest BCUT2D eigenvalue weighted by molar-refractivity contribution is -0.131. The van der Waals surface area contributed by atoms with Crippen LogP contribution in [0.2, 0.25) is 0 Å². The summed E-state index contributed by atoms with van der Waals surface area (Å²) in [5.41, 5.74) is 1.47. The summed E-state index contributed by atoms with van der Waals surface area (Å²) in [6.45, 7) is 5.43. The molecule has 1 atom stereocenters. The maximum absolute atomic E-state index is 13.1. The van der Waals surface area contributed by atoms with Crippen LogP contribution in [-0.2, 0) is 16.1 Å². The zero-order chi connectivity index (χ0) is 17.9. The number of hydrogen-bond donors (Lipinski definition) is 2. The first-order valence-corrected chi connectivity index (χ1v) is 7.96. The van der Waals surface area contributed by atoms with Crippen molar-refractivity contribution in [1.82, 2.24) is 10.2 Å². The molecule has 1 aromatic rings. The molecule has 1 saturated heterocycles. The molecular formula is C17H24ClF2N3O2. The molecule has 1 fully saturated rings. The smallest absolute Gasteiger partial charge is 0.262 e. The molecule has 8 heteroatoms. The van der Waals surface area contributed by atoms with Gasteiger partial charge in [0.05, 0.1) is 12.6 Å². The van der Waals surface area contributed by atoms with E-state index < -0.39 is 30.8 Å². The van der Waals surface area contributed by atoms with Gasteiger partial charge in [0.15, 0.2) is 0 Å². The number of nitrogens with one attached hydrogen (secondary N) is 2. The third-order valence-electron chi connectivity index (χ3n) is 4.03. The monoisotopic (exact) mass is 375 g/mol. The molecule has 1 aromatic carbocycles. The Morgan fingerprint density at radius 1 is 1.32 bits per heavy atom. The fourth-order valence-electron chi connectivity index (χ4n) is 2.68. The highest BCUT2D eigenvalue weighted by Gasteiger charge is 2.42. The standard InChI is InChI=1S/C17H23F2N3O2.ClH/c1-11(2)22(12(3)23)9-13-4-6-14(7-5-13)21-16(24)15-8-17(18,19)10-20-15;/h4-7,11,15,20H,8-10H2,1-3H3,(H,21,24);1H. The van der Waals surface area contributed by atoms with Gasteiger partial charge in [-0.15, -0.1) is 12.4 Å². The number of halogens is 3. The minimum absolute atomic E-state index is 0. The van der Waals surface area contributed by atoms with Crippen molar-refractivity contribution in [2.75, 3.05) is 11.9 Å².